The Morgan fingerprint density at radius 1 is 0.462 bits per heavy atom. The maximum absolute atomic E-state index is 6.78. The fraction of sp³-hybridized carbons (Fsp3) is 0.545. The first kappa shape index (κ1) is 22.2. The molecule has 144 valence electrons. The molecular formula is C22H28Cl4. The van der Waals surface area contributed by atoms with Crippen molar-refractivity contribution in [3.63, 3.8) is 0 Å². The molecule has 0 aliphatic rings. The van der Waals surface area contributed by atoms with Gasteiger partial charge in [0.2, 0.25) is 0 Å². The molecule has 0 saturated heterocycles. The minimum Gasteiger partial charge on any atom is -0.115 e. The Morgan fingerprint density at radius 3 is 0.923 bits per heavy atom. The lowest BCUT2D eigenvalue weighted by Crippen LogP contribution is -2.18. The Kier molecular flexibility index (Phi) is 5.73. The van der Waals surface area contributed by atoms with Gasteiger partial charge in [-0.1, -0.05) is 12.1 Å². The van der Waals surface area contributed by atoms with Crippen LogP contribution < -0.4 is 0 Å². The second-order valence-corrected chi connectivity index (χ2v) is 12.8. The Balaban J connectivity index is 3.09. The topological polar surface area (TPSA) is 0 Å². The molecule has 0 aromatic heterocycles. The van der Waals surface area contributed by atoms with Gasteiger partial charge in [-0.3, -0.25) is 0 Å². The van der Waals surface area contributed by atoms with Crippen molar-refractivity contribution in [2.75, 3.05) is 0 Å². The number of benzene rings is 2. The van der Waals surface area contributed by atoms with Crippen LogP contribution >= 0.6 is 46.4 Å². The van der Waals surface area contributed by atoms with Crippen LogP contribution in [0.4, 0.5) is 0 Å². The summed E-state index contributed by atoms with van der Waals surface area (Å²) >= 11 is 26.9. The third-order valence-electron chi connectivity index (χ3n) is 4.72. The van der Waals surface area contributed by atoms with Crippen molar-refractivity contribution >= 4 is 57.2 Å². The van der Waals surface area contributed by atoms with Crippen LogP contribution in [-0.2, 0) is 19.5 Å². The van der Waals surface area contributed by atoms with Crippen LogP contribution in [0.25, 0.3) is 10.8 Å². The summed E-state index contributed by atoms with van der Waals surface area (Å²) in [6, 6.07) is 8.49. The SMILES string of the molecule is CC(C)(Cl)c1cc(C(C)(C)Cl)c2cc(C(C)(C)Cl)cc(C(C)(C)Cl)c2c1. The second kappa shape index (κ2) is 6.73. The van der Waals surface area contributed by atoms with E-state index < -0.39 is 19.5 Å². The van der Waals surface area contributed by atoms with Crippen LogP contribution in [-0.4, -0.2) is 0 Å². The molecular weight excluding hydrogens is 406 g/mol. The van der Waals surface area contributed by atoms with Crippen molar-refractivity contribution in [3.8, 4) is 0 Å². The van der Waals surface area contributed by atoms with Crippen molar-refractivity contribution in [1.82, 2.24) is 0 Å². The summed E-state index contributed by atoms with van der Waals surface area (Å²) in [6.45, 7) is 15.9. The third-order valence-corrected chi connectivity index (χ3v) is 5.57. The van der Waals surface area contributed by atoms with E-state index in [9.17, 15) is 0 Å². The molecule has 0 unspecified atom stereocenters. The molecule has 2 aromatic rings. The van der Waals surface area contributed by atoms with Gasteiger partial charge in [-0.15, -0.1) is 46.4 Å². The lowest BCUT2D eigenvalue weighted by Gasteiger charge is -2.29. The molecule has 0 atom stereocenters. The van der Waals surface area contributed by atoms with Gasteiger partial charge in [-0.2, -0.15) is 0 Å². The van der Waals surface area contributed by atoms with E-state index in [0.717, 1.165) is 33.0 Å². The molecule has 0 nitrogen and oxygen atoms in total. The fourth-order valence-corrected chi connectivity index (χ4v) is 3.66. The molecule has 0 N–H and O–H groups in total. The Labute approximate surface area is 178 Å². The molecule has 0 aliphatic heterocycles. The van der Waals surface area contributed by atoms with Crippen LogP contribution in [0.5, 0.6) is 0 Å². The quantitative estimate of drug-likeness (QED) is 0.422. The van der Waals surface area contributed by atoms with Gasteiger partial charge in [0.15, 0.2) is 0 Å². The van der Waals surface area contributed by atoms with E-state index in [0.29, 0.717) is 0 Å². The summed E-state index contributed by atoms with van der Waals surface area (Å²) in [5.74, 6) is 0. The summed E-state index contributed by atoms with van der Waals surface area (Å²) in [5.41, 5.74) is 4.11. The standard InChI is InChI=1S/C22H28Cl4/c1-19(2,23)13-9-15-16(17(11-13)21(5,6)25)10-14(20(3,4)24)12-18(15)22(7,8)26/h9-12H,1-8H3. The first-order chi connectivity index (χ1) is 11.4. The highest BCUT2D eigenvalue weighted by molar-refractivity contribution is 6.27. The summed E-state index contributed by atoms with van der Waals surface area (Å²) < 4.78 is 0. The molecule has 4 heteroatoms. The Hall–Kier alpha value is -0.140. The van der Waals surface area contributed by atoms with Gasteiger partial charge in [0.05, 0.1) is 19.5 Å². The summed E-state index contributed by atoms with van der Waals surface area (Å²) in [5, 5.41) is 2.15. The van der Waals surface area contributed by atoms with E-state index >= 15 is 0 Å². The van der Waals surface area contributed by atoms with E-state index in [1.807, 2.05) is 55.4 Å². The maximum atomic E-state index is 6.78. The third kappa shape index (κ3) is 4.64. The van der Waals surface area contributed by atoms with Crippen LogP contribution in [0.15, 0.2) is 24.3 Å². The zero-order chi connectivity index (χ0) is 20.3. The fourth-order valence-electron chi connectivity index (χ4n) is 3.13. The second-order valence-electron chi connectivity index (χ2n) is 9.03. The van der Waals surface area contributed by atoms with Gasteiger partial charge in [0.25, 0.3) is 0 Å². The Morgan fingerprint density at radius 2 is 0.731 bits per heavy atom. The number of halogens is 4. The average molecular weight is 434 g/mol. The predicted octanol–water partition coefficient (Wildman–Crippen LogP) is 8.74. The Bertz CT molecular complexity index is 752. The number of hydrogen-bond acceptors (Lipinski definition) is 0. The van der Waals surface area contributed by atoms with E-state index in [2.05, 4.69) is 24.3 Å². The van der Waals surface area contributed by atoms with Gasteiger partial charge >= 0.3 is 0 Å². The lowest BCUT2D eigenvalue weighted by atomic mass is 9.83. The molecule has 0 radical (unpaired) electrons. The molecule has 0 bridgehead atoms. The molecule has 0 spiro atoms. The zero-order valence-electron chi connectivity index (χ0n) is 16.8. The molecule has 2 rings (SSSR count). The highest BCUT2D eigenvalue weighted by atomic mass is 35.5. The molecule has 26 heavy (non-hydrogen) atoms. The van der Waals surface area contributed by atoms with Gasteiger partial charge in [0.1, 0.15) is 0 Å². The largest absolute Gasteiger partial charge is 0.115 e. The first-order valence-electron chi connectivity index (χ1n) is 8.82. The van der Waals surface area contributed by atoms with Crippen LogP contribution in [0, 0.1) is 0 Å². The van der Waals surface area contributed by atoms with Crippen molar-refractivity contribution in [1.29, 1.82) is 0 Å². The van der Waals surface area contributed by atoms with Gasteiger partial charge in [-0.25, -0.2) is 0 Å². The number of fused-ring (bicyclic) bond motifs is 1. The minimum atomic E-state index is -0.556. The van der Waals surface area contributed by atoms with E-state index in [4.69, 9.17) is 46.4 Å². The first-order valence-corrected chi connectivity index (χ1v) is 10.3. The maximum Gasteiger partial charge on any atom is 0.0644 e. The summed E-state index contributed by atoms with van der Waals surface area (Å²) in [7, 11) is 0. The van der Waals surface area contributed by atoms with Crippen molar-refractivity contribution in [2.45, 2.75) is 74.9 Å². The highest BCUT2D eigenvalue weighted by Gasteiger charge is 2.30. The van der Waals surface area contributed by atoms with Gasteiger partial charge < -0.3 is 0 Å². The van der Waals surface area contributed by atoms with Gasteiger partial charge in [-0.05, 0) is 101 Å². The smallest absolute Gasteiger partial charge is 0.0644 e. The van der Waals surface area contributed by atoms with E-state index in [1.54, 1.807) is 0 Å². The van der Waals surface area contributed by atoms with Crippen molar-refractivity contribution in [2.24, 2.45) is 0 Å². The molecule has 0 heterocycles. The van der Waals surface area contributed by atoms with Crippen LogP contribution in [0.1, 0.15) is 77.6 Å². The molecule has 0 amide bonds. The van der Waals surface area contributed by atoms with E-state index in [-0.39, 0.29) is 0 Å². The van der Waals surface area contributed by atoms with Crippen molar-refractivity contribution in [3.05, 3.63) is 46.5 Å². The molecule has 0 aliphatic carbocycles. The number of alkyl halides is 4. The summed E-state index contributed by atoms with van der Waals surface area (Å²) in [6.07, 6.45) is 0. The van der Waals surface area contributed by atoms with E-state index in [1.165, 1.54) is 0 Å². The lowest BCUT2D eigenvalue weighted by molar-refractivity contribution is 0.732. The number of hydrogen-bond donors (Lipinski definition) is 0. The van der Waals surface area contributed by atoms with Gasteiger partial charge in [0, 0.05) is 0 Å². The minimum absolute atomic E-state index is 0.511. The molecule has 0 saturated carbocycles. The predicted molar refractivity (Wildman–Crippen MR) is 119 cm³/mol. The average Bonchev–Trinajstić information content (AvgIpc) is 2.40. The zero-order valence-corrected chi connectivity index (χ0v) is 19.8. The summed E-state index contributed by atoms with van der Waals surface area (Å²) in [4.78, 5) is -2.13. The monoisotopic (exact) mass is 432 g/mol. The molecule has 2 aromatic carbocycles. The van der Waals surface area contributed by atoms with Crippen LogP contribution in [0.2, 0.25) is 0 Å². The van der Waals surface area contributed by atoms with Crippen molar-refractivity contribution < 1.29 is 0 Å². The number of rotatable bonds is 4. The highest BCUT2D eigenvalue weighted by Crippen LogP contribution is 2.45. The van der Waals surface area contributed by atoms with Crippen LogP contribution in [0.3, 0.4) is 0 Å². The normalized spacial score (nSPS) is 14.2. The molecule has 0 fully saturated rings.